The minimum Gasteiger partial charge on any atom is -0.463 e. The SMILES string of the molecule is COC(=O)c1ccc(CN(C)CC#N)o1. The summed E-state index contributed by atoms with van der Waals surface area (Å²) in [4.78, 5) is 12.8. The van der Waals surface area contributed by atoms with Crippen molar-refractivity contribution >= 4 is 5.97 Å². The highest BCUT2D eigenvalue weighted by Crippen LogP contribution is 2.10. The lowest BCUT2D eigenvalue weighted by atomic mass is 10.4. The summed E-state index contributed by atoms with van der Waals surface area (Å²) in [6.45, 7) is 0.804. The Balaban J connectivity index is 2.61. The first-order valence-corrected chi connectivity index (χ1v) is 4.40. The zero-order chi connectivity index (χ0) is 11.3. The van der Waals surface area contributed by atoms with Crippen molar-refractivity contribution in [3.63, 3.8) is 0 Å². The fourth-order valence-electron chi connectivity index (χ4n) is 1.12. The van der Waals surface area contributed by atoms with Gasteiger partial charge in [-0.2, -0.15) is 5.26 Å². The lowest BCUT2D eigenvalue weighted by Crippen LogP contribution is -2.17. The topological polar surface area (TPSA) is 66.5 Å². The Morgan fingerprint density at radius 3 is 3.00 bits per heavy atom. The van der Waals surface area contributed by atoms with E-state index >= 15 is 0 Å². The number of esters is 1. The van der Waals surface area contributed by atoms with Gasteiger partial charge in [0.1, 0.15) is 5.76 Å². The summed E-state index contributed by atoms with van der Waals surface area (Å²) in [5.41, 5.74) is 0. The largest absolute Gasteiger partial charge is 0.463 e. The maximum absolute atomic E-state index is 11.1. The lowest BCUT2D eigenvalue weighted by molar-refractivity contribution is 0.0561. The summed E-state index contributed by atoms with van der Waals surface area (Å²) < 4.78 is 9.73. The highest BCUT2D eigenvalue weighted by Gasteiger charge is 2.11. The molecule has 0 N–H and O–H groups in total. The first-order chi connectivity index (χ1) is 7.17. The first kappa shape index (κ1) is 11.3. The second-order valence-corrected chi connectivity index (χ2v) is 3.09. The van der Waals surface area contributed by atoms with Gasteiger partial charge in [-0.05, 0) is 19.2 Å². The molecule has 0 amide bonds. The Morgan fingerprint density at radius 1 is 1.67 bits per heavy atom. The molecule has 0 radical (unpaired) electrons. The number of rotatable bonds is 4. The predicted molar refractivity (Wildman–Crippen MR) is 52.0 cm³/mol. The standard InChI is InChI=1S/C10H12N2O3/c1-12(6-5-11)7-8-3-4-9(15-8)10(13)14-2/h3-4H,6-7H2,1-2H3. The van der Waals surface area contributed by atoms with Crippen molar-refractivity contribution in [3.05, 3.63) is 23.7 Å². The number of carbonyl (C=O) groups excluding carboxylic acids is 1. The van der Waals surface area contributed by atoms with Crippen LogP contribution < -0.4 is 0 Å². The summed E-state index contributed by atoms with van der Waals surface area (Å²) in [6, 6.07) is 5.27. The minimum atomic E-state index is -0.496. The van der Waals surface area contributed by atoms with E-state index in [4.69, 9.17) is 9.68 Å². The number of carbonyl (C=O) groups is 1. The Labute approximate surface area is 87.8 Å². The van der Waals surface area contributed by atoms with Crippen molar-refractivity contribution < 1.29 is 13.9 Å². The van der Waals surface area contributed by atoms with E-state index in [2.05, 4.69) is 4.74 Å². The molecule has 0 aliphatic rings. The van der Waals surface area contributed by atoms with Gasteiger partial charge in [0.2, 0.25) is 5.76 Å². The summed E-state index contributed by atoms with van der Waals surface area (Å²) in [6.07, 6.45) is 0. The molecule has 0 aromatic carbocycles. The molecule has 15 heavy (non-hydrogen) atoms. The van der Waals surface area contributed by atoms with E-state index in [-0.39, 0.29) is 5.76 Å². The average molecular weight is 208 g/mol. The molecule has 1 rings (SSSR count). The van der Waals surface area contributed by atoms with Crippen LogP contribution >= 0.6 is 0 Å². The molecule has 0 saturated carbocycles. The number of hydrogen-bond acceptors (Lipinski definition) is 5. The molecule has 1 heterocycles. The Hall–Kier alpha value is -1.80. The van der Waals surface area contributed by atoms with E-state index in [0.717, 1.165) is 0 Å². The molecule has 0 fully saturated rings. The molecule has 5 heteroatoms. The third kappa shape index (κ3) is 3.11. The number of nitriles is 1. The molecule has 0 aliphatic heterocycles. The maximum atomic E-state index is 11.1. The zero-order valence-electron chi connectivity index (χ0n) is 8.69. The first-order valence-electron chi connectivity index (χ1n) is 4.40. The van der Waals surface area contributed by atoms with Crippen LogP contribution in [0.1, 0.15) is 16.3 Å². The van der Waals surface area contributed by atoms with Gasteiger partial charge in [-0.25, -0.2) is 4.79 Å². The highest BCUT2D eigenvalue weighted by molar-refractivity contribution is 5.86. The van der Waals surface area contributed by atoms with Crippen LogP contribution in [0.2, 0.25) is 0 Å². The fourth-order valence-corrected chi connectivity index (χ4v) is 1.12. The normalized spacial score (nSPS) is 10.0. The van der Waals surface area contributed by atoms with E-state index in [1.54, 1.807) is 24.1 Å². The van der Waals surface area contributed by atoms with Crippen LogP contribution in [0.5, 0.6) is 0 Å². The highest BCUT2D eigenvalue weighted by atomic mass is 16.5. The average Bonchev–Trinajstić information content (AvgIpc) is 2.65. The van der Waals surface area contributed by atoms with E-state index in [0.29, 0.717) is 18.8 Å². The van der Waals surface area contributed by atoms with Crippen LogP contribution in [0.4, 0.5) is 0 Å². The zero-order valence-corrected chi connectivity index (χ0v) is 8.69. The van der Waals surface area contributed by atoms with Crippen LogP contribution in [-0.4, -0.2) is 31.6 Å². The second-order valence-electron chi connectivity index (χ2n) is 3.09. The van der Waals surface area contributed by atoms with Crippen LogP contribution in [-0.2, 0) is 11.3 Å². The van der Waals surface area contributed by atoms with Crippen molar-refractivity contribution in [1.82, 2.24) is 4.90 Å². The van der Waals surface area contributed by atoms with Crippen LogP contribution in [0.25, 0.3) is 0 Å². The fraction of sp³-hybridized carbons (Fsp3) is 0.400. The minimum absolute atomic E-state index is 0.179. The molecule has 0 unspecified atom stereocenters. The van der Waals surface area contributed by atoms with Gasteiger partial charge in [-0.15, -0.1) is 0 Å². The maximum Gasteiger partial charge on any atom is 0.373 e. The molecule has 80 valence electrons. The monoisotopic (exact) mass is 208 g/mol. The summed E-state index contributed by atoms with van der Waals surface area (Å²) in [7, 11) is 3.09. The third-order valence-corrected chi connectivity index (χ3v) is 1.81. The molecule has 1 aromatic heterocycles. The number of hydrogen-bond donors (Lipinski definition) is 0. The second kappa shape index (κ2) is 5.17. The van der Waals surface area contributed by atoms with E-state index < -0.39 is 5.97 Å². The lowest BCUT2D eigenvalue weighted by Gasteiger charge is -2.09. The van der Waals surface area contributed by atoms with Crippen molar-refractivity contribution in [1.29, 1.82) is 5.26 Å². The molecule has 0 spiro atoms. The summed E-state index contributed by atoms with van der Waals surface area (Å²) in [5, 5.41) is 8.45. The summed E-state index contributed by atoms with van der Waals surface area (Å²) >= 11 is 0. The Morgan fingerprint density at radius 2 is 2.40 bits per heavy atom. The van der Waals surface area contributed by atoms with E-state index in [9.17, 15) is 4.79 Å². The Kier molecular flexibility index (Phi) is 3.89. The Bertz CT molecular complexity index is 378. The van der Waals surface area contributed by atoms with E-state index in [1.807, 2.05) is 6.07 Å². The summed E-state index contributed by atoms with van der Waals surface area (Å²) in [5.74, 6) is 0.315. The van der Waals surface area contributed by atoms with Gasteiger partial charge in [-0.3, -0.25) is 4.90 Å². The van der Waals surface area contributed by atoms with Gasteiger partial charge in [0.25, 0.3) is 0 Å². The molecular formula is C10H12N2O3. The molecule has 0 atom stereocenters. The smallest absolute Gasteiger partial charge is 0.373 e. The number of furan rings is 1. The van der Waals surface area contributed by atoms with Gasteiger partial charge >= 0.3 is 5.97 Å². The molecule has 0 bridgehead atoms. The van der Waals surface area contributed by atoms with Gasteiger partial charge in [0, 0.05) is 0 Å². The van der Waals surface area contributed by atoms with Gasteiger partial charge in [0.05, 0.1) is 26.3 Å². The number of nitrogens with zero attached hydrogens (tertiary/aromatic N) is 2. The quantitative estimate of drug-likeness (QED) is 0.546. The third-order valence-electron chi connectivity index (χ3n) is 1.81. The van der Waals surface area contributed by atoms with Crippen molar-refractivity contribution in [2.45, 2.75) is 6.54 Å². The molecule has 0 saturated heterocycles. The van der Waals surface area contributed by atoms with Crippen molar-refractivity contribution in [3.8, 4) is 6.07 Å². The van der Waals surface area contributed by atoms with Crippen LogP contribution in [0.3, 0.4) is 0 Å². The molecule has 1 aromatic rings. The number of methoxy groups -OCH3 is 1. The van der Waals surface area contributed by atoms with Gasteiger partial charge < -0.3 is 9.15 Å². The van der Waals surface area contributed by atoms with E-state index in [1.165, 1.54) is 7.11 Å². The molecule has 5 nitrogen and oxygen atoms in total. The number of ether oxygens (including phenoxy) is 1. The van der Waals surface area contributed by atoms with Gasteiger partial charge in [0.15, 0.2) is 0 Å². The van der Waals surface area contributed by atoms with Crippen molar-refractivity contribution in [2.75, 3.05) is 20.7 Å². The predicted octanol–water partition coefficient (Wildman–Crippen LogP) is 1.02. The molecular weight excluding hydrogens is 196 g/mol. The van der Waals surface area contributed by atoms with Crippen molar-refractivity contribution in [2.24, 2.45) is 0 Å². The molecule has 0 aliphatic carbocycles. The van der Waals surface area contributed by atoms with Crippen LogP contribution in [0, 0.1) is 11.3 Å². The van der Waals surface area contributed by atoms with Gasteiger partial charge in [-0.1, -0.05) is 0 Å². The van der Waals surface area contributed by atoms with Crippen LogP contribution in [0.15, 0.2) is 16.5 Å².